The predicted molar refractivity (Wildman–Crippen MR) is 258 cm³/mol. The molecule has 0 aliphatic heterocycles. The Bertz CT molecular complexity index is 2210. The normalized spacial score (nSPS) is 14.5. The van der Waals surface area contributed by atoms with Crippen LogP contribution in [0, 0.1) is 28.5 Å². The smallest absolute Gasteiger partial charge is 0.402 e. The SMILES string of the molecule is CCCCCCCCCCCCCCCCCCC[C@H](COP(=O)(OC[C@](C#N)(C[C@@H](OC(C)(C)O)c1ccc2c(N)ncnn12)OC)Oc1ccccc1Cl)OCc1cc(F)cc(C#N)c1. The number of anilines is 1. The molecule has 0 amide bonds. The molecule has 0 saturated carbocycles. The summed E-state index contributed by atoms with van der Waals surface area (Å²) in [5.74, 6) is -2.05. The lowest BCUT2D eigenvalue weighted by atomic mass is 9.96. The van der Waals surface area contributed by atoms with E-state index in [0.717, 1.165) is 31.7 Å². The zero-order valence-corrected chi connectivity index (χ0v) is 41.5. The van der Waals surface area contributed by atoms with Crippen molar-refractivity contribution in [1.29, 1.82) is 10.5 Å². The number of benzene rings is 2. The van der Waals surface area contributed by atoms with E-state index in [-0.39, 0.29) is 41.8 Å². The van der Waals surface area contributed by atoms with E-state index in [4.69, 9.17) is 45.1 Å². The second-order valence-electron chi connectivity index (χ2n) is 17.6. The molecule has 4 atom stereocenters. The van der Waals surface area contributed by atoms with E-state index in [2.05, 4.69) is 23.1 Å². The van der Waals surface area contributed by atoms with Crippen molar-refractivity contribution >= 4 is 30.8 Å². The van der Waals surface area contributed by atoms with Gasteiger partial charge in [0.25, 0.3) is 0 Å². The van der Waals surface area contributed by atoms with Gasteiger partial charge in [-0.15, -0.1) is 0 Å². The van der Waals surface area contributed by atoms with E-state index < -0.39 is 43.8 Å². The van der Waals surface area contributed by atoms with Gasteiger partial charge in [0.15, 0.2) is 17.2 Å². The number of phosphoric acid groups is 1. The van der Waals surface area contributed by atoms with Crippen LogP contribution in [0.2, 0.25) is 5.02 Å². The van der Waals surface area contributed by atoms with Crippen molar-refractivity contribution in [3.8, 4) is 17.9 Å². The van der Waals surface area contributed by atoms with Crippen molar-refractivity contribution in [1.82, 2.24) is 14.6 Å². The van der Waals surface area contributed by atoms with Crippen molar-refractivity contribution in [2.24, 2.45) is 0 Å². The standard InChI is InChI=1S/C50H71ClFN6O8P/c1-5-6-7-8-9-10-11-12-13-14-15-16-17-18-19-20-21-24-42(62-34-40-29-39(33-53)30-41(52)31-40)35-63-67(60,66-46-26-23-22-25-43(46)51)64-37-50(36-54,61-4)32-47(65-49(2,3)59)44-27-28-45-48(55)56-38-57-58(44)45/h22-23,25-31,38,42,47,59H,5-21,24,32,34-35,37H2,1-4H3,(H2,55,56,57)/t42-,47-,50-,67?/m1/s1. The molecule has 1 unspecified atom stereocenters. The van der Waals surface area contributed by atoms with E-state index in [1.807, 2.05) is 6.07 Å². The number of hydrogen-bond acceptors (Lipinski definition) is 13. The predicted octanol–water partition coefficient (Wildman–Crippen LogP) is 12.9. The van der Waals surface area contributed by atoms with Crippen molar-refractivity contribution in [2.75, 3.05) is 26.1 Å². The molecule has 14 nitrogen and oxygen atoms in total. The molecule has 0 spiro atoms. The minimum absolute atomic E-state index is 0.00192. The van der Waals surface area contributed by atoms with Crippen molar-refractivity contribution in [2.45, 2.75) is 173 Å². The Morgan fingerprint density at radius 1 is 0.896 bits per heavy atom. The van der Waals surface area contributed by atoms with Gasteiger partial charge in [0.05, 0.1) is 41.7 Å². The molecule has 4 aromatic rings. The Labute approximate surface area is 401 Å². The zero-order valence-electron chi connectivity index (χ0n) is 39.8. The number of halogens is 2. The monoisotopic (exact) mass is 968 g/mol. The number of aliphatic hydroxyl groups is 1. The second-order valence-corrected chi connectivity index (χ2v) is 19.6. The highest BCUT2D eigenvalue weighted by atomic mass is 35.5. The lowest BCUT2D eigenvalue weighted by Crippen LogP contribution is -2.39. The summed E-state index contributed by atoms with van der Waals surface area (Å²) >= 11 is 6.45. The third-order valence-corrected chi connectivity index (χ3v) is 13.1. The summed E-state index contributed by atoms with van der Waals surface area (Å²) in [5.41, 5.74) is 5.72. The van der Waals surface area contributed by atoms with Gasteiger partial charge in [0, 0.05) is 13.5 Å². The number of para-hydroxylation sites is 1. The number of methoxy groups -OCH3 is 1. The first kappa shape index (κ1) is 55.4. The average Bonchev–Trinajstić information content (AvgIpc) is 3.75. The van der Waals surface area contributed by atoms with Crippen LogP contribution in [-0.2, 0) is 34.4 Å². The second kappa shape index (κ2) is 29.0. The molecule has 368 valence electrons. The van der Waals surface area contributed by atoms with E-state index in [1.54, 1.807) is 36.4 Å². The van der Waals surface area contributed by atoms with Crippen LogP contribution < -0.4 is 10.3 Å². The highest BCUT2D eigenvalue weighted by molar-refractivity contribution is 7.49. The van der Waals surface area contributed by atoms with E-state index >= 15 is 0 Å². The van der Waals surface area contributed by atoms with Crippen LogP contribution in [0.4, 0.5) is 10.2 Å². The first-order valence-electron chi connectivity index (χ1n) is 23.8. The summed E-state index contributed by atoms with van der Waals surface area (Å²) in [6.07, 6.45) is 20.8. The Morgan fingerprint density at radius 3 is 2.10 bits per heavy atom. The van der Waals surface area contributed by atoms with Gasteiger partial charge in [-0.05, 0) is 68.3 Å². The van der Waals surface area contributed by atoms with Crippen LogP contribution in [0.3, 0.4) is 0 Å². The molecule has 0 aliphatic carbocycles. The summed E-state index contributed by atoms with van der Waals surface area (Å²) in [6.45, 7) is 4.14. The maximum Gasteiger partial charge on any atom is 0.530 e. The first-order valence-corrected chi connectivity index (χ1v) is 25.7. The Morgan fingerprint density at radius 2 is 1.52 bits per heavy atom. The Kier molecular flexibility index (Phi) is 24.0. The number of nitrogens with zero attached hydrogens (tertiary/aromatic N) is 5. The van der Waals surface area contributed by atoms with Gasteiger partial charge in [-0.2, -0.15) is 15.6 Å². The van der Waals surface area contributed by atoms with Crippen LogP contribution in [0.25, 0.3) is 5.52 Å². The molecule has 3 N–H and O–H groups in total. The molecule has 0 fully saturated rings. The minimum Gasteiger partial charge on any atom is -0.402 e. The summed E-state index contributed by atoms with van der Waals surface area (Å²) in [7, 11) is -3.37. The Balaban J connectivity index is 1.42. The van der Waals surface area contributed by atoms with E-state index in [0.29, 0.717) is 23.2 Å². The van der Waals surface area contributed by atoms with Crippen LogP contribution in [-0.4, -0.2) is 57.5 Å². The number of ether oxygens (including phenoxy) is 3. The number of phosphoric ester groups is 1. The third-order valence-electron chi connectivity index (χ3n) is 11.5. The van der Waals surface area contributed by atoms with Crippen molar-refractivity contribution in [3.05, 3.63) is 88.6 Å². The summed E-state index contributed by atoms with van der Waals surface area (Å²) < 4.78 is 66.6. The fourth-order valence-corrected chi connectivity index (χ4v) is 9.33. The molecule has 17 heteroatoms. The summed E-state index contributed by atoms with van der Waals surface area (Å²) in [5, 5.41) is 35.3. The zero-order chi connectivity index (χ0) is 48.5. The van der Waals surface area contributed by atoms with Gasteiger partial charge in [0.2, 0.25) is 0 Å². The number of nitrogens with two attached hydrogens (primary N) is 1. The number of fused-ring (bicyclic) bond motifs is 1. The van der Waals surface area contributed by atoms with Crippen LogP contribution >= 0.6 is 19.4 Å². The summed E-state index contributed by atoms with van der Waals surface area (Å²) in [6, 6.07) is 17.8. The molecule has 0 saturated heterocycles. The fraction of sp³-hybridized carbons (Fsp3) is 0.600. The molecule has 0 radical (unpaired) electrons. The number of unbranched alkanes of at least 4 members (excludes halogenated alkanes) is 16. The molecule has 0 bridgehead atoms. The highest BCUT2D eigenvalue weighted by Gasteiger charge is 2.42. The van der Waals surface area contributed by atoms with E-state index in [9.17, 15) is 24.6 Å². The number of nitrogen functional groups attached to an aromatic ring is 1. The molecule has 2 heterocycles. The van der Waals surface area contributed by atoms with Crippen LogP contribution in [0.5, 0.6) is 5.75 Å². The molecular weight excluding hydrogens is 898 g/mol. The lowest BCUT2D eigenvalue weighted by molar-refractivity contribution is -0.219. The van der Waals surface area contributed by atoms with Gasteiger partial charge in [-0.1, -0.05) is 140 Å². The highest BCUT2D eigenvalue weighted by Crippen LogP contribution is 2.52. The third kappa shape index (κ3) is 19.8. The minimum atomic E-state index is -4.66. The van der Waals surface area contributed by atoms with Gasteiger partial charge in [-0.3, -0.25) is 9.05 Å². The molecular formula is C50H71ClFN6O8P. The fourth-order valence-electron chi connectivity index (χ4n) is 7.81. The topological polar surface area (TPSA) is 196 Å². The lowest BCUT2D eigenvalue weighted by Gasteiger charge is -2.33. The molecule has 67 heavy (non-hydrogen) atoms. The van der Waals surface area contributed by atoms with Gasteiger partial charge in [-0.25, -0.2) is 18.5 Å². The van der Waals surface area contributed by atoms with Crippen molar-refractivity contribution < 1.29 is 41.8 Å². The van der Waals surface area contributed by atoms with Gasteiger partial charge in [0.1, 0.15) is 42.2 Å². The largest absolute Gasteiger partial charge is 0.530 e. The molecule has 0 aliphatic rings. The molecule has 2 aromatic heterocycles. The first-order chi connectivity index (χ1) is 32.2. The quantitative estimate of drug-likeness (QED) is 0.0251. The van der Waals surface area contributed by atoms with Gasteiger partial charge < -0.3 is 29.6 Å². The number of hydrogen-bond donors (Lipinski definition) is 2. The van der Waals surface area contributed by atoms with Crippen LogP contribution in [0.1, 0.15) is 166 Å². The van der Waals surface area contributed by atoms with E-state index in [1.165, 1.54) is 127 Å². The average molecular weight is 970 g/mol. The maximum atomic E-state index is 14.8. The number of nitriles is 2. The van der Waals surface area contributed by atoms with Crippen LogP contribution in [0.15, 0.2) is 60.9 Å². The molecule has 4 rings (SSSR count). The number of rotatable bonds is 35. The number of aromatic nitrogens is 3. The van der Waals surface area contributed by atoms with Crippen molar-refractivity contribution in [3.63, 3.8) is 0 Å². The molecule has 2 aromatic carbocycles. The maximum absolute atomic E-state index is 14.8. The Hall–Kier alpha value is -4.15. The summed E-state index contributed by atoms with van der Waals surface area (Å²) in [4.78, 5) is 4.03. The van der Waals surface area contributed by atoms with Gasteiger partial charge >= 0.3 is 7.82 Å².